The second kappa shape index (κ2) is 5.12. The summed E-state index contributed by atoms with van der Waals surface area (Å²) in [5.41, 5.74) is 5.52. The monoisotopic (exact) mass is 338 g/mol. The minimum Gasteiger partial charge on any atom is -0.296 e. The molecule has 0 radical (unpaired) electrons. The van der Waals surface area contributed by atoms with E-state index >= 15 is 0 Å². The van der Waals surface area contributed by atoms with Crippen LogP contribution < -0.4 is 0 Å². The van der Waals surface area contributed by atoms with Crippen molar-refractivity contribution >= 4 is 40.6 Å². The Kier molecular flexibility index (Phi) is 3.04. The molecule has 2 aromatic carbocycles. The third-order valence-corrected chi connectivity index (χ3v) is 7.21. The number of hydrogen-bond donors (Lipinski definition) is 0. The molecule has 1 aliphatic rings. The normalized spacial score (nSPS) is 15.3. The summed E-state index contributed by atoms with van der Waals surface area (Å²) in [6, 6.07) is 17.3. The Balaban J connectivity index is 1.73. The van der Waals surface area contributed by atoms with E-state index in [1.54, 1.807) is 0 Å². The zero-order valence-electron chi connectivity index (χ0n) is 12.6. The van der Waals surface area contributed by atoms with Crippen molar-refractivity contribution < 1.29 is 0 Å². The van der Waals surface area contributed by atoms with Crippen LogP contribution in [0.2, 0.25) is 0 Å². The fourth-order valence-electron chi connectivity index (χ4n) is 3.75. The van der Waals surface area contributed by atoms with Crippen molar-refractivity contribution in [1.29, 1.82) is 0 Å². The lowest BCUT2D eigenvalue weighted by molar-refractivity contribution is 0.912. The molecule has 0 saturated carbocycles. The SMILES string of the molecule is ClP(n1ccc2ccccc21)n1ccc2ccc3c(c21)CCC3. The van der Waals surface area contributed by atoms with Gasteiger partial charge >= 0.3 is 0 Å². The van der Waals surface area contributed by atoms with Crippen molar-refractivity contribution in [3.8, 4) is 0 Å². The lowest BCUT2D eigenvalue weighted by Gasteiger charge is -2.17. The summed E-state index contributed by atoms with van der Waals surface area (Å²) in [5.74, 6) is 0. The van der Waals surface area contributed by atoms with Gasteiger partial charge in [-0.15, -0.1) is 0 Å². The van der Waals surface area contributed by atoms with Gasteiger partial charge in [-0.3, -0.25) is 8.68 Å². The topological polar surface area (TPSA) is 9.86 Å². The molecular weight excluding hydrogens is 323 g/mol. The van der Waals surface area contributed by atoms with Crippen LogP contribution in [0.5, 0.6) is 0 Å². The Morgan fingerprint density at radius 2 is 1.65 bits per heavy atom. The van der Waals surface area contributed by atoms with Crippen molar-refractivity contribution in [3.63, 3.8) is 0 Å². The molecule has 0 spiro atoms. The van der Waals surface area contributed by atoms with Gasteiger partial charge in [-0.2, -0.15) is 0 Å². The van der Waals surface area contributed by atoms with E-state index in [0.717, 1.165) is 0 Å². The highest BCUT2D eigenvalue weighted by molar-refractivity contribution is 7.81. The average Bonchev–Trinajstić information content (AvgIpc) is 3.30. The third-order valence-electron chi connectivity index (χ3n) is 4.84. The van der Waals surface area contributed by atoms with Crippen LogP contribution in [0.1, 0.15) is 17.5 Å². The van der Waals surface area contributed by atoms with E-state index in [4.69, 9.17) is 11.2 Å². The van der Waals surface area contributed by atoms with E-state index in [-0.39, 0.29) is 0 Å². The Labute approximate surface area is 140 Å². The number of nitrogens with zero attached hydrogens (tertiary/aromatic N) is 2. The molecule has 0 bridgehead atoms. The first-order valence-corrected chi connectivity index (χ1v) is 10.1. The van der Waals surface area contributed by atoms with Crippen LogP contribution in [0, 0.1) is 0 Å². The molecule has 114 valence electrons. The van der Waals surface area contributed by atoms with E-state index in [9.17, 15) is 0 Å². The summed E-state index contributed by atoms with van der Waals surface area (Å²) in [6.45, 7) is 0. The summed E-state index contributed by atoms with van der Waals surface area (Å²) >= 11 is 6.96. The van der Waals surface area contributed by atoms with E-state index in [1.165, 1.54) is 52.2 Å². The summed E-state index contributed by atoms with van der Waals surface area (Å²) in [5, 5.41) is 2.54. The van der Waals surface area contributed by atoms with Crippen molar-refractivity contribution in [2.75, 3.05) is 0 Å². The summed E-state index contributed by atoms with van der Waals surface area (Å²) < 4.78 is 4.49. The lowest BCUT2D eigenvalue weighted by atomic mass is 10.1. The molecule has 5 rings (SSSR count). The van der Waals surface area contributed by atoms with Crippen molar-refractivity contribution in [3.05, 3.63) is 72.1 Å². The first-order chi connectivity index (χ1) is 11.3. The minimum absolute atomic E-state index is 0.997. The Morgan fingerprint density at radius 3 is 2.61 bits per heavy atom. The van der Waals surface area contributed by atoms with Crippen molar-refractivity contribution in [1.82, 2.24) is 8.68 Å². The van der Waals surface area contributed by atoms with Gasteiger partial charge in [0.2, 0.25) is 7.58 Å². The minimum atomic E-state index is -0.997. The lowest BCUT2D eigenvalue weighted by Crippen LogP contribution is -1.97. The Bertz CT molecular complexity index is 1030. The second-order valence-corrected chi connectivity index (χ2v) is 8.36. The molecule has 1 atom stereocenters. The van der Waals surface area contributed by atoms with Crippen molar-refractivity contribution in [2.24, 2.45) is 0 Å². The number of benzene rings is 2. The van der Waals surface area contributed by atoms with Crippen LogP contribution in [0.4, 0.5) is 0 Å². The molecule has 23 heavy (non-hydrogen) atoms. The average molecular weight is 339 g/mol. The Morgan fingerprint density at radius 1 is 0.826 bits per heavy atom. The van der Waals surface area contributed by atoms with Gasteiger partial charge in [0.25, 0.3) is 0 Å². The van der Waals surface area contributed by atoms with Crippen LogP contribution in [0.25, 0.3) is 21.8 Å². The summed E-state index contributed by atoms with van der Waals surface area (Å²) in [6.07, 6.45) is 7.88. The predicted octanol–water partition coefficient (Wildman–Crippen LogP) is 5.95. The molecule has 0 saturated heterocycles. The van der Waals surface area contributed by atoms with Gasteiger partial charge in [-0.25, -0.2) is 0 Å². The van der Waals surface area contributed by atoms with Gasteiger partial charge in [0, 0.05) is 17.8 Å². The first kappa shape index (κ1) is 13.7. The number of para-hydroxylation sites is 1. The number of aromatic nitrogens is 2. The molecule has 2 nitrogen and oxygen atoms in total. The van der Waals surface area contributed by atoms with Gasteiger partial charge in [-0.1, -0.05) is 30.3 Å². The van der Waals surface area contributed by atoms with Crippen LogP contribution in [-0.2, 0) is 12.8 Å². The molecular formula is C19H16ClN2P. The van der Waals surface area contributed by atoms with Gasteiger partial charge in [0.1, 0.15) is 0 Å². The van der Waals surface area contributed by atoms with E-state index in [2.05, 4.69) is 69.6 Å². The van der Waals surface area contributed by atoms with Crippen LogP contribution in [0.3, 0.4) is 0 Å². The molecule has 4 heteroatoms. The number of hydrogen-bond acceptors (Lipinski definition) is 0. The van der Waals surface area contributed by atoms with Crippen LogP contribution in [0.15, 0.2) is 60.9 Å². The zero-order valence-corrected chi connectivity index (χ0v) is 14.3. The van der Waals surface area contributed by atoms with Crippen LogP contribution in [-0.4, -0.2) is 8.68 Å². The molecule has 2 heterocycles. The molecule has 0 fully saturated rings. The van der Waals surface area contributed by atoms with E-state index in [0.29, 0.717) is 0 Å². The summed E-state index contributed by atoms with van der Waals surface area (Å²) in [7, 11) is -0.997. The highest BCUT2D eigenvalue weighted by Gasteiger charge is 2.20. The molecule has 1 unspecified atom stereocenters. The van der Waals surface area contributed by atoms with E-state index < -0.39 is 7.58 Å². The molecule has 0 amide bonds. The molecule has 4 aromatic rings. The molecule has 2 aromatic heterocycles. The molecule has 0 aliphatic heterocycles. The van der Waals surface area contributed by atoms with Gasteiger partial charge < -0.3 is 0 Å². The van der Waals surface area contributed by atoms with Crippen LogP contribution >= 0.6 is 18.8 Å². The summed E-state index contributed by atoms with van der Waals surface area (Å²) in [4.78, 5) is 0. The number of rotatable bonds is 2. The fraction of sp³-hybridized carbons (Fsp3) is 0.158. The number of fused-ring (bicyclic) bond motifs is 4. The van der Waals surface area contributed by atoms with Gasteiger partial charge in [0.05, 0.1) is 11.0 Å². The number of halogens is 1. The fourth-order valence-corrected chi connectivity index (χ4v) is 5.84. The first-order valence-electron chi connectivity index (χ1n) is 7.97. The zero-order chi connectivity index (χ0) is 15.4. The highest BCUT2D eigenvalue weighted by atomic mass is 35.7. The molecule has 0 N–H and O–H groups in total. The van der Waals surface area contributed by atoms with Crippen molar-refractivity contribution in [2.45, 2.75) is 19.3 Å². The quantitative estimate of drug-likeness (QED) is 0.400. The maximum Gasteiger partial charge on any atom is 0.206 e. The largest absolute Gasteiger partial charge is 0.296 e. The Hall–Kier alpha value is -1.76. The predicted molar refractivity (Wildman–Crippen MR) is 99.5 cm³/mol. The maximum atomic E-state index is 6.96. The maximum absolute atomic E-state index is 6.96. The number of aryl methyl sites for hydroxylation is 2. The molecule has 1 aliphatic carbocycles. The van der Waals surface area contributed by atoms with Gasteiger partial charge in [-0.05, 0) is 65.2 Å². The smallest absolute Gasteiger partial charge is 0.206 e. The highest BCUT2D eigenvalue weighted by Crippen LogP contribution is 2.50. The second-order valence-electron chi connectivity index (χ2n) is 6.11. The van der Waals surface area contributed by atoms with E-state index in [1.807, 2.05) is 0 Å². The van der Waals surface area contributed by atoms with Gasteiger partial charge in [0.15, 0.2) is 0 Å². The standard InChI is InChI=1S/C19H16ClN2P/c20-23(21-12-10-15-4-1-2-7-18(15)21)22-13-11-16-9-8-14-5-3-6-17(14)19(16)22/h1-2,4,7-13H,3,5-6H2. The third kappa shape index (κ3) is 1.99.